The van der Waals surface area contributed by atoms with E-state index in [9.17, 15) is 15.8 Å². The molecular weight excluding hydrogens is 623 g/mol. The molecule has 0 bridgehead atoms. The number of hydrogen-bond acceptors (Lipinski definition) is 3. The third kappa shape index (κ3) is 4.80. The van der Waals surface area contributed by atoms with E-state index in [0.717, 1.165) is 40.0 Å². The molecule has 0 saturated heterocycles. The fourth-order valence-corrected chi connectivity index (χ4v) is 9.08. The van der Waals surface area contributed by atoms with Gasteiger partial charge in [0.15, 0.2) is 0 Å². The summed E-state index contributed by atoms with van der Waals surface area (Å²) in [6, 6.07) is 33.0. The maximum absolute atomic E-state index is 10.6. The lowest BCUT2D eigenvalue weighted by Gasteiger charge is -2.36. The van der Waals surface area contributed by atoms with Gasteiger partial charge in [-0.1, -0.05) is 97.5 Å². The van der Waals surface area contributed by atoms with Crippen LogP contribution in [0.1, 0.15) is 59.3 Å². The lowest BCUT2D eigenvalue weighted by atomic mass is 9.70. The summed E-state index contributed by atoms with van der Waals surface area (Å²) in [5, 5.41) is 32.9. The van der Waals surface area contributed by atoms with Gasteiger partial charge in [0.25, 0.3) is 0 Å². The van der Waals surface area contributed by atoms with Gasteiger partial charge in [0.2, 0.25) is 0 Å². The summed E-state index contributed by atoms with van der Waals surface area (Å²) >= 11 is 0. The molecule has 4 aliphatic rings. The van der Waals surface area contributed by atoms with Gasteiger partial charge >= 0.3 is 0 Å². The molecule has 2 heterocycles. The number of fused-ring (bicyclic) bond motifs is 6. The lowest BCUT2D eigenvalue weighted by Crippen LogP contribution is -2.27. The molecule has 5 heteroatoms. The van der Waals surface area contributed by atoms with Crippen LogP contribution in [0.25, 0.3) is 39.6 Å². The highest BCUT2D eigenvalue weighted by Gasteiger charge is 2.38. The molecule has 0 fully saturated rings. The Morgan fingerprint density at radius 3 is 2.43 bits per heavy atom. The van der Waals surface area contributed by atoms with Crippen molar-refractivity contribution < 1.29 is 0 Å². The SMILES string of the molecule is CC1CC=Cc2c1c1ccccc1n2C1C=C(C#N)C=CC1C1=CC=CC(C#N)C1c1cccc(-n2c3c(c4ccccc42)CC(C#N)C=C3)c1. The molecule has 6 atom stereocenters. The second-order valence-corrected chi connectivity index (χ2v) is 14.1. The molecule has 5 aromatic rings. The Morgan fingerprint density at radius 2 is 1.61 bits per heavy atom. The summed E-state index contributed by atoms with van der Waals surface area (Å²) < 4.78 is 4.74. The molecule has 0 spiro atoms. The topological polar surface area (TPSA) is 81.2 Å². The normalized spacial score (nSPS) is 24.7. The molecule has 5 nitrogen and oxygen atoms in total. The first kappa shape index (κ1) is 30.7. The van der Waals surface area contributed by atoms with E-state index in [-0.39, 0.29) is 29.7 Å². The van der Waals surface area contributed by atoms with Crippen LogP contribution in [0.5, 0.6) is 0 Å². The average molecular weight is 658 g/mol. The smallest absolute Gasteiger partial charge is 0.0988 e. The zero-order chi connectivity index (χ0) is 34.6. The van der Waals surface area contributed by atoms with Crippen LogP contribution in [0, 0.1) is 51.7 Å². The quantitative estimate of drug-likeness (QED) is 0.193. The summed E-state index contributed by atoms with van der Waals surface area (Å²) in [5.74, 6) is -0.405. The van der Waals surface area contributed by atoms with E-state index in [2.05, 4.69) is 144 Å². The van der Waals surface area contributed by atoms with Crippen molar-refractivity contribution in [1.82, 2.24) is 9.13 Å². The Balaban J connectivity index is 1.20. The molecule has 244 valence electrons. The molecule has 0 aliphatic heterocycles. The highest BCUT2D eigenvalue weighted by Crippen LogP contribution is 2.49. The van der Waals surface area contributed by atoms with Gasteiger partial charge in [0.05, 0.1) is 41.6 Å². The highest BCUT2D eigenvalue weighted by molar-refractivity contribution is 5.91. The van der Waals surface area contributed by atoms with E-state index in [4.69, 9.17) is 0 Å². The summed E-state index contributed by atoms with van der Waals surface area (Å²) in [6.07, 6.45) is 22.8. The van der Waals surface area contributed by atoms with Crippen molar-refractivity contribution in [2.75, 3.05) is 0 Å². The lowest BCUT2D eigenvalue weighted by molar-refractivity contribution is 0.471. The standard InChI is InChI=1S/C46H35N5/c1-29-9-6-18-43-45(29)38-14-3-5-17-41(38)51(43)44-24-31(27-48)19-21-36(44)37-15-8-11-33(28-49)46(37)32-10-7-12-34(25-32)50-40-16-4-2-13-35(40)39-23-30(26-47)20-22-42(39)50/h2-8,10-22,24-25,29-30,33,36,44,46H,9,23H2,1H3. The molecule has 0 N–H and O–H groups in total. The molecule has 0 radical (unpaired) electrons. The Morgan fingerprint density at radius 1 is 0.784 bits per heavy atom. The molecule has 2 aromatic heterocycles. The van der Waals surface area contributed by atoms with Crippen LogP contribution in [-0.4, -0.2) is 9.13 Å². The summed E-state index contributed by atoms with van der Waals surface area (Å²) in [5.41, 5.74) is 11.0. The number of nitriles is 3. The van der Waals surface area contributed by atoms with Gasteiger partial charge in [0.1, 0.15) is 0 Å². The first-order chi connectivity index (χ1) is 25.1. The molecular formula is C46H35N5. The molecule has 6 unspecified atom stereocenters. The largest absolute Gasteiger partial charge is 0.333 e. The van der Waals surface area contributed by atoms with Crippen molar-refractivity contribution in [2.24, 2.45) is 17.8 Å². The van der Waals surface area contributed by atoms with Crippen molar-refractivity contribution in [3.8, 4) is 23.9 Å². The third-order valence-corrected chi connectivity index (χ3v) is 11.3. The van der Waals surface area contributed by atoms with E-state index in [1.54, 1.807) is 0 Å². The van der Waals surface area contributed by atoms with Gasteiger partial charge in [-0.05, 0) is 84.0 Å². The third-order valence-electron chi connectivity index (χ3n) is 11.3. The summed E-state index contributed by atoms with van der Waals surface area (Å²) in [6.45, 7) is 2.30. The fourth-order valence-electron chi connectivity index (χ4n) is 9.08. The van der Waals surface area contributed by atoms with Crippen molar-refractivity contribution in [3.05, 3.63) is 161 Å². The van der Waals surface area contributed by atoms with E-state index >= 15 is 0 Å². The zero-order valence-electron chi connectivity index (χ0n) is 28.3. The van der Waals surface area contributed by atoms with Gasteiger partial charge in [-0.3, -0.25) is 0 Å². The fraction of sp³-hybridized carbons (Fsp3) is 0.196. The maximum atomic E-state index is 10.6. The molecule has 9 rings (SSSR count). The van der Waals surface area contributed by atoms with Crippen LogP contribution in [0.2, 0.25) is 0 Å². The Bertz CT molecular complexity index is 2580. The minimum absolute atomic E-state index is 0.0897. The Labute approximate surface area is 298 Å². The van der Waals surface area contributed by atoms with Crippen LogP contribution in [0.3, 0.4) is 0 Å². The van der Waals surface area contributed by atoms with E-state index in [1.165, 1.54) is 27.6 Å². The van der Waals surface area contributed by atoms with Crippen molar-refractivity contribution >= 4 is 34.0 Å². The second-order valence-electron chi connectivity index (χ2n) is 14.1. The predicted molar refractivity (Wildman–Crippen MR) is 204 cm³/mol. The molecule has 3 aromatic carbocycles. The number of benzene rings is 3. The van der Waals surface area contributed by atoms with Gasteiger partial charge in [-0.25, -0.2) is 0 Å². The minimum Gasteiger partial charge on any atom is -0.333 e. The number of rotatable bonds is 4. The predicted octanol–water partition coefficient (Wildman–Crippen LogP) is 10.4. The number of hydrogen-bond donors (Lipinski definition) is 0. The number of nitrogens with zero attached hydrogens (tertiary/aromatic N) is 5. The van der Waals surface area contributed by atoms with Crippen LogP contribution in [-0.2, 0) is 6.42 Å². The highest BCUT2D eigenvalue weighted by atomic mass is 15.0. The van der Waals surface area contributed by atoms with Gasteiger partial charge < -0.3 is 9.13 Å². The molecule has 51 heavy (non-hydrogen) atoms. The van der Waals surface area contributed by atoms with Crippen LogP contribution in [0.4, 0.5) is 0 Å². The number of para-hydroxylation sites is 2. The monoisotopic (exact) mass is 657 g/mol. The maximum Gasteiger partial charge on any atom is 0.0988 e. The molecule has 0 saturated carbocycles. The van der Waals surface area contributed by atoms with Crippen LogP contribution in [0.15, 0.2) is 133 Å². The van der Waals surface area contributed by atoms with Gasteiger partial charge in [0, 0.05) is 50.8 Å². The summed E-state index contributed by atoms with van der Waals surface area (Å²) in [7, 11) is 0. The zero-order valence-corrected chi connectivity index (χ0v) is 28.3. The first-order valence-corrected chi connectivity index (χ1v) is 17.8. The van der Waals surface area contributed by atoms with Crippen LogP contribution >= 0.6 is 0 Å². The van der Waals surface area contributed by atoms with E-state index < -0.39 is 0 Å². The van der Waals surface area contributed by atoms with Crippen molar-refractivity contribution in [3.63, 3.8) is 0 Å². The van der Waals surface area contributed by atoms with Gasteiger partial charge in [-0.2, -0.15) is 15.8 Å². The first-order valence-electron chi connectivity index (χ1n) is 17.8. The average Bonchev–Trinajstić information content (AvgIpc) is 3.70. The Kier molecular flexibility index (Phi) is 7.35. The second kappa shape index (κ2) is 12.2. The Hall–Kier alpha value is -6.35. The van der Waals surface area contributed by atoms with Gasteiger partial charge in [-0.15, -0.1) is 0 Å². The minimum atomic E-state index is -0.363. The molecule has 0 amide bonds. The molecule has 4 aliphatic carbocycles. The van der Waals surface area contributed by atoms with Crippen molar-refractivity contribution in [1.29, 1.82) is 15.8 Å². The van der Waals surface area contributed by atoms with Crippen molar-refractivity contribution in [2.45, 2.75) is 37.6 Å². The van der Waals surface area contributed by atoms with E-state index in [1.807, 2.05) is 24.3 Å². The van der Waals surface area contributed by atoms with Crippen LogP contribution < -0.4 is 0 Å². The summed E-state index contributed by atoms with van der Waals surface area (Å²) in [4.78, 5) is 0. The number of aromatic nitrogens is 2. The number of allylic oxidation sites excluding steroid dienone is 10. The van der Waals surface area contributed by atoms with E-state index in [0.29, 0.717) is 17.9 Å².